The molecule has 0 aliphatic rings. The molecule has 3 nitrogen and oxygen atoms in total. The first kappa shape index (κ1) is 11.7. The molecule has 0 amide bonds. The van der Waals surface area contributed by atoms with Gasteiger partial charge in [-0.25, -0.2) is 0 Å². The van der Waals surface area contributed by atoms with Crippen LogP contribution in [-0.4, -0.2) is 10.2 Å². The second-order valence-corrected chi connectivity index (χ2v) is 4.33. The minimum Gasteiger partial charge on any atom is -0.384 e. The van der Waals surface area contributed by atoms with Gasteiger partial charge in [-0.1, -0.05) is 38.1 Å². The summed E-state index contributed by atoms with van der Waals surface area (Å²) >= 11 is 0. The van der Waals surface area contributed by atoms with Crippen molar-refractivity contribution in [3.05, 3.63) is 36.0 Å². The van der Waals surface area contributed by atoms with Crippen molar-refractivity contribution >= 4 is 5.82 Å². The number of nitrogens with two attached hydrogens (primary N) is 1. The van der Waals surface area contributed by atoms with Gasteiger partial charge in [-0.2, -0.15) is 5.10 Å². The second-order valence-electron chi connectivity index (χ2n) is 4.33. The number of nitrogens with zero attached hydrogens (tertiary/aromatic N) is 1. The number of H-pyrrole nitrogens is 1. The molecule has 3 heteroatoms. The van der Waals surface area contributed by atoms with E-state index in [1.54, 1.807) is 6.20 Å². The van der Waals surface area contributed by atoms with Crippen LogP contribution in [0.15, 0.2) is 30.5 Å². The Bertz CT molecular complexity index is 466. The zero-order chi connectivity index (χ0) is 12.3. The molecule has 0 fully saturated rings. The normalized spacial score (nSPS) is 11.0. The van der Waals surface area contributed by atoms with Crippen LogP contribution in [0.5, 0.6) is 0 Å². The van der Waals surface area contributed by atoms with Crippen LogP contribution < -0.4 is 5.73 Å². The summed E-state index contributed by atoms with van der Waals surface area (Å²) in [5, 5.41) is 6.69. The number of rotatable bonds is 4. The first-order valence-corrected chi connectivity index (χ1v) is 6.15. The maximum Gasteiger partial charge on any atom is 0.126 e. The number of nitrogen functional groups attached to an aromatic ring is 1. The summed E-state index contributed by atoms with van der Waals surface area (Å²) in [6.45, 7) is 4.46. The van der Waals surface area contributed by atoms with Crippen LogP contribution in [0.4, 0.5) is 5.82 Å². The van der Waals surface area contributed by atoms with Crippen LogP contribution >= 0.6 is 0 Å². The van der Waals surface area contributed by atoms with E-state index in [4.69, 9.17) is 5.73 Å². The molecule has 1 heterocycles. The van der Waals surface area contributed by atoms with Gasteiger partial charge < -0.3 is 5.73 Å². The van der Waals surface area contributed by atoms with Gasteiger partial charge in [-0.3, -0.25) is 5.10 Å². The summed E-state index contributed by atoms with van der Waals surface area (Å²) in [5.74, 6) is 1.28. The fourth-order valence-electron chi connectivity index (χ4n) is 2.22. The van der Waals surface area contributed by atoms with Crippen molar-refractivity contribution in [3.63, 3.8) is 0 Å². The van der Waals surface area contributed by atoms with Crippen molar-refractivity contribution in [3.8, 4) is 11.1 Å². The van der Waals surface area contributed by atoms with Crippen LogP contribution in [0.3, 0.4) is 0 Å². The SMILES string of the molecule is CCC(CC)c1ccc(-c2cn[nH]c2N)cc1. The highest BCUT2D eigenvalue weighted by Gasteiger charge is 2.08. The lowest BCUT2D eigenvalue weighted by atomic mass is 9.93. The Kier molecular flexibility index (Phi) is 3.47. The van der Waals surface area contributed by atoms with E-state index in [0.717, 1.165) is 11.1 Å². The topological polar surface area (TPSA) is 54.7 Å². The van der Waals surface area contributed by atoms with Gasteiger partial charge in [0.15, 0.2) is 0 Å². The number of anilines is 1. The standard InChI is InChI=1S/C14H19N3/c1-3-10(4-2)11-5-7-12(8-6-11)13-9-16-17-14(13)15/h5-10H,3-4H2,1-2H3,(H3,15,16,17). The van der Waals surface area contributed by atoms with Crippen LogP contribution in [0.25, 0.3) is 11.1 Å². The minimum absolute atomic E-state index is 0.625. The van der Waals surface area contributed by atoms with Crippen molar-refractivity contribution in [2.45, 2.75) is 32.6 Å². The predicted molar refractivity (Wildman–Crippen MR) is 71.8 cm³/mol. The van der Waals surface area contributed by atoms with Gasteiger partial charge in [0.1, 0.15) is 5.82 Å². The molecule has 0 aliphatic carbocycles. The maximum atomic E-state index is 5.80. The quantitative estimate of drug-likeness (QED) is 0.842. The van der Waals surface area contributed by atoms with E-state index >= 15 is 0 Å². The van der Waals surface area contributed by atoms with Crippen molar-refractivity contribution in [1.29, 1.82) is 0 Å². The Morgan fingerprint density at radius 1 is 1.18 bits per heavy atom. The molecular weight excluding hydrogens is 210 g/mol. The van der Waals surface area contributed by atoms with E-state index in [-0.39, 0.29) is 0 Å². The Balaban J connectivity index is 2.27. The maximum absolute atomic E-state index is 5.80. The van der Waals surface area contributed by atoms with Crippen LogP contribution in [0.1, 0.15) is 38.2 Å². The third-order valence-corrected chi connectivity index (χ3v) is 3.35. The van der Waals surface area contributed by atoms with Crippen LogP contribution in [0, 0.1) is 0 Å². The van der Waals surface area contributed by atoms with Gasteiger partial charge in [-0.05, 0) is 29.9 Å². The third kappa shape index (κ3) is 2.33. The number of nitrogens with one attached hydrogen (secondary N) is 1. The lowest BCUT2D eigenvalue weighted by molar-refractivity contribution is 0.642. The molecule has 0 radical (unpaired) electrons. The Labute approximate surface area is 102 Å². The van der Waals surface area contributed by atoms with Gasteiger partial charge in [0, 0.05) is 5.56 Å². The summed E-state index contributed by atoms with van der Waals surface area (Å²) in [7, 11) is 0. The fraction of sp³-hybridized carbons (Fsp3) is 0.357. The molecule has 2 aromatic rings. The van der Waals surface area contributed by atoms with E-state index < -0.39 is 0 Å². The van der Waals surface area contributed by atoms with E-state index in [0.29, 0.717) is 11.7 Å². The molecule has 0 atom stereocenters. The molecule has 2 rings (SSSR count). The van der Waals surface area contributed by atoms with Gasteiger partial charge in [-0.15, -0.1) is 0 Å². The molecule has 0 saturated carbocycles. The average Bonchev–Trinajstić information content (AvgIpc) is 2.78. The summed E-state index contributed by atoms with van der Waals surface area (Å²) in [4.78, 5) is 0. The molecule has 90 valence electrons. The number of aromatic amines is 1. The lowest BCUT2D eigenvalue weighted by Gasteiger charge is -2.13. The average molecular weight is 229 g/mol. The molecule has 0 saturated heterocycles. The van der Waals surface area contributed by atoms with Gasteiger partial charge in [0.2, 0.25) is 0 Å². The van der Waals surface area contributed by atoms with Crippen LogP contribution in [-0.2, 0) is 0 Å². The third-order valence-electron chi connectivity index (χ3n) is 3.35. The first-order valence-electron chi connectivity index (χ1n) is 6.15. The molecular formula is C14H19N3. The molecule has 17 heavy (non-hydrogen) atoms. The summed E-state index contributed by atoms with van der Waals surface area (Å²) in [5.41, 5.74) is 9.30. The Morgan fingerprint density at radius 3 is 2.29 bits per heavy atom. The number of hydrogen-bond acceptors (Lipinski definition) is 2. The first-order chi connectivity index (χ1) is 8.26. The summed E-state index contributed by atoms with van der Waals surface area (Å²) in [6, 6.07) is 8.63. The van der Waals surface area contributed by atoms with Gasteiger partial charge >= 0.3 is 0 Å². The second kappa shape index (κ2) is 5.04. The van der Waals surface area contributed by atoms with E-state index in [1.165, 1.54) is 18.4 Å². The number of aromatic nitrogens is 2. The van der Waals surface area contributed by atoms with E-state index in [9.17, 15) is 0 Å². The number of benzene rings is 1. The van der Waals surface area contributed by atoms with E-state index in [1.807, 2.05) is 0 Å². The van der Waals surface area contributed by atoms with Crippen LogP contribution in [0.2, 0.25) is 0 Å². The largest absolute Gasteiger partial charge is 0.384 e. The van der Waals surface area contributed by atoms with Gasteiger partial charge in [0.05, 0.1) is 6.20 Å². The minimum atomic E-state index is 0.625. The summed E-state index contributed by atoms with van der Waals surface area (Å²) < 4.78 is 0. The highest BCUT2D eigenvalue weighted by Crippen LogP contribution is 2.28. The van der Waals surface area contributed by atoms with Crippen molar-refractivity contribution in [1.82, 2.24) is 10.2 Å². The molecule has 3 N–H and O–H groups in total. The monoisotopic (exact) mass is 229 g/mol. The summed E-state index contributed by atoms with van der Waals surface area (Å²) in [6.07, 6.45) is 4.13. The van der Waals surface area contributed by atoms with Crippen molar-refractivity contribution in [2.24, 2.45) is 0 Å². The predicted octanol–water partition coefficient (Wildman–Crippen LogP) is 3.56. The molecule has 0 unspecified atom stereocenters. The highest BCUT2D eigenvalue weighted by atomic mass is 15.1. The number of hydrogen-bond donors (Lipinski definition) is 2. The van der Waals surface area contributed by atoms with Crippen molar-refractivity contribution in [2.75, 3.05) is 5.73 Å². The highest BCUT2D eigenvalue weighted by molar-refractivity contribution is 5.73. The molecule has 0 spiro atoms. The lowest BCUT2D eigenvalue weighted by Crippen LogP contribution is -1.95. The zero-order valence-corrected chi connectivity index (χ0v) is 10.4. The molecule has 1 aromatic heterocycles. The Hall–Kier alpha value is -1.77. The van der Waals surface area contributed by atoms with Gasteiger partial charge in [0.25, 0.3) is 0 Å². The Morgan fingerprint density at radius 2 is 1.82 bits per heavy atom. The fourth-order valence-corrected chi connectivity index (χ4v) is 2.22. The molecule has 0 bridgehead atoms. The van der Waals surface area contributed by atoms with E-state index in [2.05, 4.69) is 48.3 Å². The smallest absolute Gasteiger partial charge is 0.126 e. The molecule has 1 aromatic carbocycles. The van der Waals surface area contributed by atoms with Crippen molar-refractivity contribution < 1.29 is 0 Å². The zero-order valence-electron chi connectivity index (χ0n) is 10.4. The molecule has 0 aliphatic heterocycles.